The zero-order valence-electron chi connectivity index (χ0n) is 11.3. The van der Waals surface area contributed by atoms with E-state index in [1.165, 1.54) is 13.0 Å². The van der Waals surface area contributed by atoms with Gasteiger partial charge in [0.1, 0.15) is 18.8 Å². The Morgan fingerprint density at radius 2 is 2.05 bits per heavy atom. The highest BCUT2D eigenvalue weighted by Crippen LogP contribution is 2.18. The Balaban J connectivity index is 2.77. The second kappa shape index (κ2) is 7.49. The quantitative estimate of drug-likeness (QED) is 0.761. The molecule has 2 amide bonds. The molecule has 1 aromatic rings. The van der Waals surface area contributed by atoms with Crippen molar-refractivity contribution in [3.8, 4) is 5.75 Å². The lowest BCUT2D eigenvalue weighted by atomic mass is 10.3. The summed E-state index contributed by atoms with van der Waals surface area (Å²) < 4.78 is 5.38. The molecule has 1 aromatic carbocycles. The summed E-state index contributed by atoms with van der Waals surface area (Å²) in [7, 11) is 0. The number of aliphatic carboxylic acids is 1. The summed E-state index contributed by atoms with van der Waals surface area (Å²) in [5.41, 5.74) is 5.00. The summed E-state index contributed by atoms with van der Waals surface area (Å²) >= 11 is 5.79. The Kier molecular flexibility index (Phi) is 5.98. The first-order chi connectivity index (χ1) is 9.79. The normalized spacial score (nSPS) is 11.5. The molecule has 0 heterocycles. The van der Waals surface area contributed by atoms with Gasteiger partial charge in [0, 0.05) is 5.02 Å². The molecule has 0 aliphatic carbocycles. The molecule has 0 aliphatic heterocycles. The Hall–Kier alpha value is -2.28. The standard InChI is InChI=1S/C13H15ClN2O5/c1-8(21-10-4-2-3-9(14)5-10)13(20)16(6-11(15)17)7-12(18)19/h2-5,8H,6-7H2,1H3,(H2,15,17)(H,18,19). The maximum Gasteiger partial charge on any atom is 0.323 e. The molecular formula is C13H15ClN2O5. The van der Waals surface area contributed by atoms with Crippen molar-refractivity contribution in [3.05, 3.63) is 29.3 Å². The predicted octanol–water partition coefficient (Wildman–Crippen LogP) is 0.506. The molecule has 7 nitrogen and oxygen atoms in total. The number of carboxylic acid groups (broad SMARTS) is 1. The molecule has 0 saturated heterocycles. The number of hydrogen-bond donors (Lipinski definition) is 2. The fourth-order valence-corrected chi connectivity index (χ4v) is 1.80. The Bertz CT molecular complexity index is 533. The van der Waals surface area contributed by atoms with Crippen LogP contribution in [0.5, 0.6) is 5.75 Å². The minimum atomic E-state index is -1.25. The Morgan fingerprint density at radius 3 is 2.57 bits per heavy atom. The van der Waals surface area contributed by atoms with Crippen molar-refractivity contribution in [2.24, 2.45) is 5.73 Å². The Morgan fingerprint density at radius 1 is 1.38 bits per heavy atom. The van der Waals surface area contributed by atoms with E-state index in [1.54, 1.807) is 18.2 Å². The highest BCUT2D eigenvalue weighted by molar-refractivity contribution is 6.30. The third-order valence-corrected chi connectivity index (χ3v) is 2.68. The molecule has 8 heteroatoms. The minimum Gasteiger partial charge on any atom is -0.481 e. The van der Waals surface area contributed by atoms with Crippen LogP contribution in [0.2, 0.25) is 5.02 Å². The lowest BCUT2D eigenvalue weighted by molar-refractivity contribution is -0.148. The number of carbonyl (C=O) groups is 3. The molecule has 114 valence electrons. The van der Waals surface area contributed by atoms with Gasteiger partial charge in [0.25, 0.3) is 5.91 Å². The van der Waals surface area contributed by atoms with Crippen LogP contribution in [0.3, 0.4) is 0 Å². The van der Waals surface area contributed by atoms with Crippen molar-refractivity contribution in [3.63, 3.8) is 0 Å². The van der Waals surface area contributed by atoms with Gasteiger partial charge in [-0.15, -0.1) is 0 Å². The van der Waals surface area contributed by atoms with Gasteiger partial charge >= 0.3 is 5.97 Å². The van der Waals surface area contributed by atoms with Crippen LogP contribution in [-0.4, -0.2) is 47.0 Å². The number of benzene rings is 1. The van der Waals surface area contributed by atoms with Crippen LogP contribution in [0.15, 0.2) is 24.3 Å². The van der Waals surface area contributed by atoms with Crippen LogP contribution in [0.4, 0.5) is 0 Å². The molecule has 21 heavy (non-hydrogen) atoms. The van der Waals surface area contributed by atoms with Crippen molar-refractivity contribution in [1.82, 2.24) is 4.90 Å². The van der Waals surface area contributed by atoms with E-state index in [1.807, 2.05) is 0 Å². The van der Waals surface area contributed by atoms with Gasteiger partial charge in [0.05, 0.1) is 0 Å². The number of amides is 2. The second-order valence-electron chi connectivity index (χ2n) is 4.27. The third kappa shape index (κ3) is 5.70. The van der Waals surface area contributed by atoms with Crippen LogP contribution in [0.25, 0.3) is 0 Å². The molecule has 0 aliphatic rings. The fourth-order valence-electron chi connectivity index (χ4n) is 1.62. The Labute approximate surface area is 126 Å². The summed E-state index contributed by atoms with van der Waals surface area (Å²) in [6, 6.07) is 6.41. The monoisotopic (exact) mass is 314 g/mol. The smallest absolute Gasteiger partial charge is 0.323 e. The second-order valence-corrected chi connectivity index (χ2v) is 4.71. The highest BCUT2D eigenvalue weighted by Gasteiger charge is 2.25. The summed E-state index contributed by atoms with van der Waals surface area (Å²) in [5, 5.41) is 9.19. The van der Waals surface area contributed by atoms with Gasteiger partial charge in [0.2, 0.25) is 5.91 Å². The van der Waals surface area contributed by atoms with Crippen molar-refractivity contribution >= 4 is 29.4 Å². The van der Waals surface area contributed by atoms with Gasteiger partial charge in [-0.05, 0) is 25.1 Å². The van der Waals surface area contributed by atoms with E-state index in [9.17, 15) is 14.4 Å². The molecule has 0 radical (unpaired) electrons. The molecule has 3 N–H and O–H groups in total. The maximum atomic E-state index is 12.1. The molecule has 0 fully saturated rings. The van der Waals surface area contributed by atoms with E-state index in [-0.39, 0.29) is 0 Å². The predicted molar refractivity (Wildman–Crippen MR) is 75.0 cm³/mol. The van der Waals surface area contributed by atoms with Crippen LogP contribution in [-0.2, 0) is 14.4 Å². The minimum absolute atomic E-state index is 0.359. The topological polar surface area (TPSA) is 110 Å². The van der Waals surface area contributed by atoms with E-state index in [0.717, 1.165) is 4.90 Å². The van der Waals surface area contributed by atoms with Crippen LogP contribution >= 0.6 is 11.6 Å². The number of nitrogens with zero attached hydrogens (tertiary/aromatic N) is 1. The number of carbonyl (C=O) groups excluding carboxylic acids is 2. The summed E-state index contributed by atoms with van der Waals surface area (Å²) in [4.78, 5) is 34.5. The molecule has 0 saturated carbocycles. The van der Waals surface area contributed by atoms with E-state index >= 15 is 0 Å². The summed E-state index contributed by atoms with van der Waals surface area (Å²) in [6.45, 7) is 0.318. The zero-order valence-corrected chi connectivity index (χ0v) is 12.0. The lowest BCUT2D eigenvalue weighted by Crippen LogP contribution is -2.46. The van der Waals surface area contributed by atoms with E-state index in [2.05, 4.69) is 0 Å². The molecule has 1 atom stereocenters. The maximum absolute atomic E-state index is 12.1. The van der Waals surface area contributed by atoms with E-state index in [0.29, 0.717) is 10.8 Å². The third-order valence-electron chi connectivity index (χ3n) is 2.44. The molecular weight excluding hydrogens is 300 g/mol. The van der Waals surface area contributed by atoms with Gasteiger partial charge < -0.3 is 20.5 Å². The summed E-state index contributed by atoms with van der Waals surface area (Å²) in [5.74, 6) is -2.35. The van der Waals surface area contributed by atoms with Gasteiger partial charge in [0.15, 0.2) is 6.10 Å². The number of ether oxygens (including phenoxy) is 1. The molecule has 0 spiro atoms. The molecule has 0 aromatic heterocycles. The number of nitrogens with two attached hydrogens (primary N) is 1. The van der Waals surface area contributed by atoms with Crippen LogP contribution < -0.4 is 10.5 Å². The van der Waals surface area contributed by atoms with Gasteiger partial charge in [-0.1, -0.05) is 17.7 Å². The number of rotatable bonds is 7. The van der Waals surface area contributed by atoms with Crippen LogP contribution in [0.1, 0.15) is 6.92 Å². The van der Waals surface area contributed by atoms with Gasteiger partial charge in [-0.2, -0.15) is 0 Å². The van der Waals surface area contributed by atoms with Crippen molar-refractivity contribution in [2.75, 3.05) is 13.1 Å². The lowest BCUT2D eigenvalue weighted by Gasteiger charge is -2.23. The van der Waals surface area contributed by atoms with Crippen molar-refractivity contribution in [1.29, 1.82) is 0 Å². The van der Waals surface area contributed by atoms with E-state index in [4.69, 9.17) is 27.2 Å². The average molecular weight is 315 g/mol. The zero-order chi connectivity index (χ0) is 16.0. The van der Waals surface area contributed by atoms with E-state index < -0.39 is 37.0 Å². The number of primary amides is 1. The molecule has 0 bridgehead atoms. The number of carboxylic acids is 1. The van der Waals surface area contributed by atoms with Crippen molar-refractivity contribution < 1.29 is 24.2 Å². The molecule has 1 unspecified atom stereocenters. The first-order valence-corrected chi connectivity index (χ1v) is 6.38. The number of hydrogen-bond acceptors (Lipinski definition) is 4. The largest absolute Gasteiger partial charge is 0.481 e. The average Bonchev–Trinajstić information content (AvgIpc) is 2.35. The molecule has 1 rings (SSSR count). The van der Waals surface area contributed by atoms with Crippen LogP contribution in [0, 0.1) is 0 Å². The fraction of sp³-hybridized carbons (Fsp3) is 0.308. The van der Waals surface area contributed by atoms with Gasteiger partial charge in [-0.25, -0.2) is 0 Å². The number of halogens is 1. The SMILES string of the molecule is CC(Oc1cccc(Cl)c1)C(=O)N(CC(N)=O)CC(=O)O. The first-order valence-electron chi connectivity index (χ1n) is 6.00. The van der Waals surface area contributed by atoms with Gasteiger partial charge in [-0.3, -0.25) is 14.4 Å². The highest BCUT2D eigenvalue weighted by atomic mass is 35.5. The van der Waals surface area contributed by atoms with Crippen molar-refractivity contribution in [2.45, 2.75) is 13.0 Å². The first kappa shape index (κ1) is 16.8. The summed E-state index contributed by atoms with van der Waals surface area (Å²) in [6.07, 6.45) is -0.984.